The lowest BCUT2D eigenvalue weighted by molar-refractivity contribution is 0.605. The van der Waals surface area contributed by atoms with Crippen LogP contribution in [0.5, 0.6) is 0 Å². The molecule has 1 aliphatic carbocycles. The first kappa shape index (κ1) is 14.2. The molecule has 0 saturated heterocycles. The summed E-state index contributed by atoms with van der Waals surface area (Å²) in [6, 6.07) is 15.5. The van der Waals surface area contributed by atoms with Crippen molar-refractivity contribution < 1.29 is 0 Å². The van der Waals surface area contributed by atoms with Gasteiger partial charge in [-0.05, 0) is 36.5 Å². The van der Waals surface area contributed by atoms with E-state index in [1.54, 1.807) is 10.6 Å². The Balaban J connectivity index is 1.90. The molecule has 0 radical (unpaired) electrons. The summed E-state index contributed by atoms with van der Waals surface area (Å²) >= 11 is 0. The van der Waals surface area contributed by atoms with E-state index in [0.717, 1.165) is 29.7 Å². The fourth-order valence-electron chi connectivity index (χ4n) is 3.06. The van der Waals surface area contributed by atoms with Crippen molar-refractivity contribution in [1.82, 2.24) is 9.38 Å². The van der Waals surface area contributed by atoms with Crippen molar-refractivity contribution in [3.63, 3.8) is 0 Å². The topological polar surface area (TPSA) is 60.4 Å². The van der Waals surface area contributed by atoms with Crippen LogP contribution in [0, 0.1) is 5.92 Å². The van der Waals surface area contributed by atoms with Gasteiger partial charge in [0.25, 0.3) is 5.56 Å². The Morgan fingerprint density at radius 1 is 1.13 bits per heavy atom. The second-order valence-corrected chi connectivity index (χ2v) is 6.24. The highest BCUT2D eigenvalue weighted by molar-refractivity contribution is 5.43. The molecular formula is C19H19N3O. The predicted molar refractivity (Wildman–Crippen MR) is 90.4 cm³/mol. The zero-order valence-electron chi connectivity index (χ0n) is 12.9. The van der Waals surface area contributed by atoms with E-state index in [9.17, 15) is 4.79 Å². The predicted octanol–water partition coefficient (Wildman–Crippen LogP) is 2.70. The molecule has 1 aromatic carbocycles. The first-order chi connectivity index (χ1) is 11.2. The van der Waals surface area contributed by atoms with Gasteiger partial charge >= 0.3 is 0 Å². The monoisotopic (exact) mass is 305 g/mol. The summed E-state index contributed by atoms with van der Waals surface area (Å²) in [6.07, 6.45) is 4.59. The minimum atomic E-state index is -0.147. The van der Waals surface area contributed by atoms with Crippen LogP contribution in [0.3, 0.4) is 0 Å². The largest absolute Gasteiger partial charge is 0.322 e. The summed E-state index contributed by atoms with van der Waals surface area (Å²) < 4.78 is 1.61. The van der Waals surface area contributed by atoms with Crippen molar-refractivity contribution in [2.45, 2.75) is 25.3 Å². The van der Waals surface area contributed by atoms with E-state index < -0.39 is 0 Å². The van der Waals surface area contributed by atoms with E-state index in [-0.39, 0.29) is 11.6 Å². The number of pyridine rings is 1. The average molecular weight is 305 g/mol. The standard InChI is InChI=1S/C19H19N3O/c20-17(14-9-10-14)18-15(12-13-6-2-1-3-7-13)19(23)22-11-5-4-8-16(22)21-18/h1-8,11,14,17H,9-10,12,20H2. The lowest BCUT2D eigenvalue weighted by Crippen LogP contribution is -2.27. The van der Waals surface area contributed by atoms with Gasteiger partial charge in [0.05, 0.1) is 11.7 Å². The molecule has 23 heavy (non-hydrogen) atoms. The number of aromatic nitrogens is 2. The molecule has 2 heterocycles. The third kappa shape index (κ3) is 2.66. The molecule has 0 amide bonds. The average Bonchev–Trinajstić information content (AvgIpc) is 3.43. The van der Waals surface area contributed by atoms with Gasteiger partial charge in [0, 0.05) is 18.2 Å². The molecule has 4 nitrogen and oxygen atoms in total. The zero-order chi connectivity index (χ0) is 15.8. The zero-order valence-corrected chi connectivity index (χ0v) is 12.9. The van der Waals surface area contributed by atoms with E-state index in [0.29, 0.717) is 18.0 Å². The Labute approximate surface area is 134 Å². The molecule has 3 aromatic rings. The normalized spacial score (nSPS) is 15.7. The molecular weight excluding hydrogens is 286 g/mol. The molecule has 1 fully saturated rings. The van der Waals surface area contributed by atoms with E-state index >= 15 is 0 Å². The number of rotatable bonds is 4. The summed E-state index contributed by atoms with van der Waals surface area (Å²) in [5, 5.41) is 0. The van der Waals surface area contributed by atoms with Gasteiger partial charge in [-0.25, -0.2) is 4.98 Å². The molecule has 4 rings (SSSR count). The molecule has 1 saturated carbocycles. The van der Waals surface area contributed by atoms with E-state index in [2.05, 4.69) is 0 Å². The second kappa shape index (κ2) is 5.63. The van der Waals surface area contributed by atoms with Crippen molar-refractivity contribution in [2.24, 2.45) is 11.7 Å². The molecule has 0 aliphatic heterocycles. The first-order valence-corrected chi connectivity index (χ1v) is 8.04. The van der Waals surface area contributed by atoms with Crippen LogP contribution in [0.25, 0.3) is 5.65 Å². The van der Waals surface area contributed by atoms with Crippen molar-refractivity contribution in [1.29, 1.82) is 0 Å². The third-order valence-electron chi connectivity index (χ3n) is 4.53. The number of hydrogen-bond acceptors (Lipinski definition) is 3. The smallest absolute Gasteiger partial charge is 0.261 e. The Kier molecular flexibility index (Phi) is 3.46. The Morgan fingerprint density at radius 2 is 1.87 bits per heavy atom. The van der Waals surface area contributed by atoms with Crippen molar-refractivity contribution in [2.75, 3.05) is 0 Å². The van der Waals surface area contributed by atoms with Gasteiger partial charge in [-0.15, -0.1) is 0 Å². The van der Waals surface area contributed by atoms with Crippen LogP contribution in [0.1, 0.15) is 35.7 Å². The lowest BCUT2D eigenvalue weighted by atomic mass is 9.99. The maximum Gasteiger partial charge on any atom is 0.261 e. The number of hydrogen-bond donors (Lipinski definition) is 1. The summed E-state index contributed by atoms with van der Waals surface area (Å²) in [5.41, 5.74) is 9.66. The van der Waals surface area contributed by atoms with E-state index in [4.69, 9.17) is 10.7 Å². The summed E-state index contributed by atoms with van der Waals surface area (Å²) in [6.45, 7) is 0. The van der Waals surface area contributed by atoms with Crippen molar-refractivity contribution >= 4 is 5.65 Å². The SMILES string of the molecule is NC(c1nc2ccccn2c(=O)c1Cc1ccccc1)C1CC1. The molecule has 0 spiro atoms. The number of nitrogens with zero attached hydrogens (tertiary/aromatic N) is 2. The van der Waals surface area contributed by atoms with Crippen LogP contribution >= 0.6 is 0 Å². The second-order valence-electron chi connectivity index (χ2n) is 6.24. The minimum absolute atomic E-state index is 0.00875. The molecule has 1 aliphatic rings. The fourth-order valence-corrected chi connectivity index (χ4v) is 3.06. The van der Waals surface area contributed by atoms with Crippen LogP contribution in [-0.2, 0) is 6.42 Å². The van der Waals surface area contributed by atoms with Gasteiger partial charge in [0.15, 0.2) is 0 Å². The summed E-state index contributed by atoms with van der Waals surface area (Å²) in [5.74, 6) is 0.461. The van der Waals surface area contributed by atoms with Gasteiger partial charge < -0.3 is 5.73 Å². The molecule has 116 valence electrons. The van der Waals surface area contributed by atoms with Crippen LogP contribution in [0.2, 0.25) is 0 Å². The lowest BCUT2D eigenvalue weighted by Gasteiger charge is -2.16. The van der Waals surface area contributed by atoms with Gasteiger partial charge in [0.1, 0.15) is 5.65 Å². The Morgan fingerprint density at radius 3 is 2.61 bits per heavy atom. The molecule has 0 bridgehead atoms. The molecule has 2 aromatic heterocycles. The molecule has 2 N–H and O–H groups in total. The van der Waals surface area contributed by atoms with E-state index in [1.165, 1.54) is 0 Å². The third-order valence-corrected chi connectivity index (χ3v) is 4.53. The van der Waals surface area contributed by atoms with Crippen molar-refractivity contribution in [3.05, 3.63) is 81.9 Å². The quantitative estimate of drug-likeness (QED) is 0.806. The van der Waals surface area contributed by atoms with Gasteiger partial charge in [-0.1, -0.05) is 36.4 Å². The Hall–Kier alpha value is -2.46. The first-order valence-electron chi connectivity index (χ1n) is 8.04. The summed E-state index contributed by atoms with van der Waals surface area (Å²) in [7, 11) is 0. The number of benzene rings is 1. The van der Waals surface area contributed by atoms with Crippen molar-refractivity contribution in [3.8, 4) is 0 Å². The van der Waals surface area contributed by atoms with Gasteiger partial charge in [-0.3, -0.25) is 9.20 Å². The highest BCUT2D eigenvalue weighted by Crippen LogP contribution is 2.39. The highest BCUT2D eigenvalue weighted by atomic mass is 16.1. The van der Waals surface area contributed by atoms with Gasteiger partial charge in [-0.2, -0.15) is 0 Å². The van der Waals surface area contributed by atoms with Crippen LogP contribution in [0.4, 0.5) is 0 Å². The Bertz CT molecular complexity index is 897. The number of fused-ring (bicyclic) bond motifs is 1. The minimum Gasteiger partial charge on any atom is -0.322 e. The molecule has 4 heteroatoms. The number of nitrogens with two attached hydrogens (primary N) is 1. The van der Waals surface area contributed by atoms with E-state index in [1.807, 2.05) is 48.5 Å². The summed E-state index contributed by atoms with van der Waals surface area (Å²) in [4.78, 5) is 17.7. The molecule has 1 unspecified atom stereocenters. The maximum absolute atomic E-state index is 13.0. The van der Waals surface area contributed by atoms with Crippen LogP contribution in [-0.4, -0.2) is 9.38 Å². The van der Waals surface area contributed by atoms with Crippen LogP contribution < -0.4 is 11.3 Å². The fraction of sp³-hybridized carbons (Fsp3) is 0.263. The van der Waals surface area contributed by atoms with Crippen LogP contribution in [0.15, 0.2) is 59.5 Å². The highest BCUT2D eigenvalue weighted by Gasteiger charge is 2.32. The molecule has 1 atom stereocenters. The maximum atomic E-state index is 13.0. The van der Waals surface area contributed by atoms with Gasteiger partial charge in [0.2, 0.25) is 0 Å².